The molecule has 0 aromatic rings. The second-order valence-electron chi connectivity index (χ2n) is 1.67. The van der Waals surface area contributed by atoms with E-state index in [1.807, 2.05) is 0 Å². The molecule has 0 aromatic carbocycles. The minimum absolute atomic E-state index is 0.304. The third kappa shape index (κ3) is 3.73. The summed E-state index contributed by atoms with van der Waals surface area (Å²) in [5, 5.41) is 0. The van der Waals surface area contributed by atoms with Crippen molar-refractivity contribution in [3.05, 3.63) is 24.4 Å². The minimum atomic E-state index is -0.815. The zero-order valence-corrected chi connectivity index (χ0v) is 6.93. The largest absolute Gasteiger partial charge is 0.518 e. The van der Waals surface area contributed by atoms with E-state index in [-0.39, 0.29) is 5.97 Å². The summed E-state index contributed by atoms with van der Waals surface area (Å²) in [6.45, 7) is 8.49. The molecule has 0 fully saturated rings. The highest BCUT2D eigenvalue weighted by Crippen LogP contribution is 1.89. The summed E-state index contributed by atoms with van der Waals surface area (Å²) in [6.07, 6.45) is 0. The van der Waals surface area contributed by atoms with Gasteiger partial charge in [-0.15, -0.1) is 6.58 Å². The van der Waals surface area contributed by atoms with Crippen LogP contribution in [0.2, 0.25) is 0 Å². The summed E-state index contributed by atoms with van der Waals surface area (Å²) in [4.78, 5) is 10.6. The summed E-state index contributed by atoms with van der Waals surface area (Å²) in [5.41, 5.74) is 2.10. The SMILES string of the molecule is C=C[SiH2]OC(=O)C(=C)C. The molecule has 0 rings (SSSR count). The van der Waals surface area contributed by atoms with Crippen molar-refractivity contribution in [3.8, 4) is 0 Å². The van der Waals surface area contributed by atoms with E-state index in [4.69, 9.17) is 4.43 Å². The van der Waals surface area contributed by atoms with Gasteiger partial charge in [0.05, 0.1) is 0 Å². The zero-order valence-electron chi connectivity index (χ0n) is 5.52. The van der Waals surface area contributed by atoms with Gasteiger partial charge in [0, 0.05) is 5.57 Å². The van der Waals surface area contributed by atoms with E-state index >= 15 is 0 Å². The predicted octanol–water partition coefficient (Wildman–Crippen LogP) is 0.333. The second kappa shape index (κ2) is 4.09. The number of carbonyl (C=O) groups is 1. The van der Waals surface area contributed by atoms with Gasteiger partial charge in [0.25, 0.3) is 0 Å². The Kier molecular flexibility index (Phi) is 3.71. The van der Waals surface area contributed by atoms with Crippen LogP contribution in [0.1, 0.15) is 6.92 Å². The van der Waals surface area contributed by atoms with Crippen molar-refractivity contribution in [2.24, 2.45) is 0 Å². The van der Waals surface area contributed by atoms with Gasteiger partial charge in [-0.2, -0.15) is 0 Å². The molecule has 0 aromatic heterocycles. The van der Waals surface area contributed by atoms with Gasteiger partial charge in [-0.3, -0.25) is 0 Å². The zero-order chi connectivity index (χ0) is 7.28. The monoisotopic (exact) mass is 142 g/mol. The van der Waals surface area contributed by atoms with Gasteiger partial charge < -0.3 is 4.43 Å². The van der Waals surface area contributed by atoms with Gasteiger partial charge in [0.15, 0.2) is 0 Å². The Morgan fingerprint density at radius 2 is 2.33 bits per heavy atom. The highest BCUT2D eigenvalue weighted by Gasteiger charge is 1.98. The molecular weight excluding hydrogens is 132 g/mol. The summed E-state index contributed by atoms with van der Waals surface area (Å²) < 4.78 is 4.73. The lowest BCUT2D eigenvalue weighted by atomic mass is 10.4. The molecular formula is C6H10O2Si. The van der Waals surface area contributed by atoms with Gasteiger partial charge in [-0.05, 0) is 6.92 Å². The van der Waals surface area contributed by atoms with Crippen LogP contribution >= 0.6 is 0 Å². The molecule has 0 unspecified atom stereocenters. The molecule has 0 aliphatic heterocycles. The van der Waals surface area contributed by atoms with E-state index in [1.54, 1.807) is 12.6 Å². The van der Waals surface area contributed by atoms with E-state index in [0.29, 0.717) is 5.57 Å². The quantitative estimate of drug-likeness (QED) is 0.419. The molecule has 0 saturated heterocycles. The molecule has 0 amide bonds. The van der Waals surface area contributed by atoms with Crippen LogP contribution in [0.4, 0.5) is 0 Å². The Morgan fingerprint density at radius 1 is 1.78 bits per heavy atom. The molecule has 2 nitrogen and oxygen atoms in total. The molecule has 0 aliphatic rings. The summed E-state index contributed by atoms with van der Waals surface area (Å²) in [6, 6.07) is 0. The average Bonchev–Trinajstić information content (AvgIpc) is 1.82. The Morgan fingerprint density at radius 3 is 2.67 bits per heavy atom. The van der Waals surface area contributed by atoms with E-state index in [2.05, 4.69) is 13.2 Å². The molecule has 0 atom stereocenters. The number of hydrogen-bond donors (Lipinski definition) is 0. The lowest BCUT2D eigenvalue weighted by Crippen LogP contribution is -2.06. The fraction of sp³-hybridized carbons (Fsp3) is 0.167. The van der Waals surface area contributed by atoms with Crippen LogP contribution in [0, 0.1) is 0 Å². The molecule has 3 heteroatoms. The molecule has 0 spiro atoms. The van der Waals surface area contributed by atoms with Crippen LogP contribution in [0.25, 0.3) is 0 Å². The van der Waals surface area contributed by atoms with E-state index in [9.17, 15) is 4.79 Å². The van der Waals surface area contributed by atoms with Gasteiger partial charge >= 0.3 is 5.97 Å². The van der Waals surface area contributed by atoms with Crippen LogP contribution in [0.3, 0.4) is 0 Å². The van der Waals surface area contributed by atoms with Crippen molar-refractivity contribution in [2.45, 2.75) is 6.92 Å². The molecule has 0 radical (unpaired) electrons. The molecule has 50 valence electrons. The number of hydrogen-bond acceptors (Lipinski definition) is 2. The molecule has 0 aliphatic carbocycles. The van der Waals surface area contributed by atoms with Gasteiger partial charge in [0.2, 0.25) is 9.76 Å². The maximum Gasteiger partial charge on any atom is 0.319 e. The van der Waals surface area contributed by atoms with Crippen LogP contribution in [-0.2, 0) is 9.22 Å². The topological polar surface area (TPSA) is 26.3 Å². The van der Waals surface area contributed by atoms with Gasteiger partial charge in [-0.1, -0.05) is 12.3 Å². The van der Waals surface area contributed by atoms with Crippen molar-refractivity contribution in [1.82, 2.24) is 0 Å². The molecule has 9 heavy (non-hydrogen) atoms. The Bertz CT molecular complexity index is 140. The van der Waals surface area contributed by atoms with Crippen molar-refractivity contribution in [1.29, 1.82) is 0 Å². The maximum absolute atomic E-state index is 10.6. The van der Waals surface area contributed by atoms with E-state index < -0.39 is 9.76 Å². The fourth-order valence-corrected chi connectivity index (χ4v) is 0.773. The van der Waals surface area contributed by atoms with Crippen LogP contribution in [-0.4, -0.2) is 15.7 Å². The highest BCUT2D eigenvalue weighted by atomic mass is 28.2. The minimum Gasteiger partial charge on any atom is -0.518 e. The van der Waals surface area contributed by atoms with Crippen LogP contribution in [0.5, 0.6) is 0 Å². The van der Waals surface area contributed by atoms with E-state index in [1.165, 1.54) is 0 Å². The first-order chi connectivity index (χ1) is 4.18. The van der Waals surface area contributed by atoms with Crippen molar-refractivity contribution in [2.75, 3.05) is 0 Å². The summed E-state index contributed by atoms with van der Waals surface area (Å²) >= 11 is 0. The third-order valence-electron chi connectivity index (χ3n) is 0.681. The van der Waals surface area contributed by atoms with Crippen LogP contribution in [0.15, 0.2) is 24.4 Å². The first-order valence-electron chi connectivity index (χ1n) is 2.62. The second-order valence-corrected chi connectivity index (χ2v) is 2.87. The summed E-state index contributed by atoms with van der Waals surface area (Å²) in [7, 11) is -0.815. The highest BCUT2D eigenvalue weighted by molar-refractivity contribution is 6.37. The summed E-state index contributed by atoms with van der Waals surface area (Å²) in [5.74, 6) is -0.304. The molecule has 0 bridgehead atoms. The Hall–Kier alpha value is -0.833. The molecule has 0 saturated carbocycles. The Balaban J connectivity index is 3.51. The molecule has 0 heterocycles. The lowest BCUT2D eigenvalue weighted by Gasteiger charge is -1.98. The lowest BCUT2D eigenvalue weighted by molar-refractivity contribution is -0.129. The number of rotatable bonds is 3. The van der Waals surface area contributed by atoms with E-state index in [0.717, 1.165) is 0 Å². The first-order valence-corrected chi connectivity index (χ1v) is 4.01. The predicted molar refractivity (Wildman–Crippen MR) is 39.6 cm³/mol. The fourth-order valence-electron chi connectivity index (χ4n) is 0.258. The Labute approximate surface area is 57.2 Å². The van der Waals surface area contributed by atoms with Crippen molar-refractivity contribution < 1.29 is 9.22 Å². The standard InChI is InChI=1S/C6H10O2Si/c1-4-9-8-6(7)5(2)3/h4H,1-2,9H2,3H3. The van der Waals surface area contributed by atoms with Crippen molar-refractivity contribution >= 4 is 15.7 Å². The average molecular weight is 142 g/mol. The van der Waals surface area contributed by atoms with Gasteiger partial charge in [0.1, 0.15) is 0 Å². The normalized spacial score (nSPS) is 9.44. The van der Waals surface area contributed by atoms with Crippen LogP contribution < -0.4 is 0 Å². The number of carbonyl (C=O) groups excluding carboxylic acids is 1. The smallest absolute Gasteiger partial charge is 0.319 e. The van der Waals surface area contributed by atoms with Crippen molar-refractivity contribution in [3.63, 3.8) is 0 Å². The molecule has 0 N–H and O–H groups in total. The third-order valence-corrected chi connectivity index (χ3v) is 1.35. The first kappa shape index (κ1) is 8.17. The maximum atomic E-state index is 10.6. The van der Waals surface area contributed by atoms with Gasteiger partial charge in [-0.25, -0.2) is 4.79 Å².